The molecule has 0 heterocycles. The minimum absolute atomic E-state index is 0. The van der Waals surface area contributed by atoms with Crippen LogP contribution in [0.15, 0.2) is 0 Å². The predicted octanol–water partition coefficient (Wildman–Crippen LogP) is -0.463. The summed E-state index contributed by atoms with van der Waals surface area (Å²) in [5.41, 5.74) is 0. The van der Waals surface area contributed by atoms with Crippen LogP contribution < -0.4 is 0 Å². The molecule has 0 aliphatic rings. The van der Waals surface area contributed by atoms with Crippen molar-refractivity contribution < 1.29 is 9.46 Å². The maximum Gasteiger partial charge on any atom is 0.491 e. The minimum atomic E-state index is -1.17. The van der Waals surface area contributed by atoms with Gasteiger partial charge in [-0.3, -0.25) is 0 Å². The molecule has 1 N–H and O–H groups in total. The van der Waals surface area contributed by atoms with Gasteiger partial charge < -0.3 is 0 Å². The van der Waals surface area contributed by atoms with E-state index in [4.69, 9.17) is 9.46 Å². The van der Waals surface area contributed by atoms with Crippen LogP contribution in [0.3, 0.4) is 0 Å². The van der Waals surface area contributed by atoms with Crippen LogP contribution in [0, 0.1) is 0 Å². The molecule has 0 fully saturated rings. The van der Waals surface area contributed by atoms with Gasteiger partial charge >= 0.3 is 8.69 Å². The minimum Gasteiger partial charge on any atom is -0.162 e. The van der Waals surface area contributed by atoms with Gasteiger partial charge in [0.25, 0.3) is 0 Å². The van der Waals surface area contributed by atoms with E-state index in [1.807, 2.05) is 0 Å². The zero-order chi connectivity index (χ0) is 2.71. The van der Waals surface area contributed by atoms with Crippen molar-refractivity contribution in [2.75, 3.05) is 0 Å². The Morgan fingerprint density at radius 3 is 1.75 bits per heavy atom. The first-order valence-electron chi connectivity index (χ1n) is 0.428. The zero-order valence-corrected chi connectivity index (χ0v) is 5.36. The molecule has 0 spiro atoms. The Bertz CT molecular complexity index is 13.5. The first-order valence-corrected chi connectivity index (χ1v) is 1.28. The molecule has 0 aliphatic heterocycles. The summed E-state index contributed by atoms with van der Waals surface area (Å²) in [5.74, 6) is 0. The molecule has 1 atom stereocenters. The van der Waals surface area contributed by atoms with Crippen LogP contribution in [-0.2, 0) is 4.57 Å². The maximum atomic E-state index is 8.51. The van der Waals surface area contributed by atoms with E-state index in [9.17, 15) is 0 Å². The molecule has 0 rings (SSSR count). The van der Waals surface area contributed by atoms with E-state index in [-0.39, 0.29) is 24.4 Å². The molecule has 0 aromatic carbocycles. The van der Waals surface area contributed by atoms with Gasteiger partial charge in [0.05, 0.1) is 0 Å². The molecule has 0 aromatic heterocycles. The first kappa shape index (κ1) is 8.86. The summed E-state index contributed by atoms with van der Waals surface area (Å²) in [5, 5.41) is 0. The summed E-state index contributed by atoms with van der Waals surface area (Å²) in [6, 6.07) is 0. The Morgan fingerprint density at radius 2 is 1.75 bits per heavy atom. The molecular weight excluding hydrogens is 185 g/mol. The van der Waals surface area contributed by atoms with Crippen molar-refractivity contribution in [2.24, 2.45) is 0 Å². The van der Waals surface area contributed by atoms with Crippen LogP contribution in [0.4, 0.5) is 0 Å². The summed E-state index contributed by atoms with van der Waals surface area (Å²) in [7, 11) is -1.17. The summed E-state index contributed by atoms with van der Waals surface area (Å²) < 4.78 is 8.51. The smallest absolute Gasteiger partial charge is 0.162 e. The second kappa shape index (κ2) is 9.11. The summed E-state index contributed by atoms with van der Waals surface area (Å²) >= 11 is 0. The van der Waals surface area contributed by atoms with Crippen molar-refractivity contribution >= 4 is 33.1 Å². The molecule has 3 radical (unpaired) electrons. The SMILES string of the molecule is O=[PH+]O.[Sb]. The maximum absolute atomic E-state index is 8.51. The van der Waals surface area contributed by atoms with Crippen molar-refractivity contribution in [3.8, 4) is 0 Å². The Labute approximate surface area is 42.9 Å². The number of rotatable bonds is 0. The molecule has 0 saturated heterocycles. The fourth-order valence-electron chi connectivity index (χ4n) is 0. The third-order valence-corrected chi connectivity index (χ3v) is 0. The van der Waals surface area contributed by atoms with Gasteiger partial charge in [0.2, 0.25) is 0 Å². The molecule has 4 heteroatoms. The first-order chi connectivity index (χ1) is 1.41. The van der Waals surface area contributed by atoms with Gasteiger partial charge in [0.1, 0.15) is 0 Å². The van der Waals surface area contributed by atoms with Gasteiger partial charge in [-0.05, 0) is 4.57 Å². The Balaban J connectivity index is 0. The number of hydrogen-bond acceptors (Lipinski definition) is 1. The van der Waals surface area contributed by atoms with E-state index >= 15 is 0 Å². The molecular formula is H2O2PSb+. The monoisotopic (exact) mass is 186 g/mol. The number of hydrogen-bond donors (Lipinski definition) is 1. The van der Waals surface area contributed by atoms with Crippen molar-refractivity contribution in [3.63, 3.8) is 0 Å². The Kier molecular flexibility index (Phi) is 20.2. The van der Waals surface area contributed by atoms with Crippen LogP contribution in [0.2, 0.25) is 0 Å². The Morgan fingerprint density at radius 1 is 1.75 bits per heavy atom. The normalized spacial score (nSPS) is 5.25. The van der Waals surface area contributed by atoms with Crippen molar-refractivity contribution in [1.82, 2.24) is 0 Å². The molecule has 0 amide bonds. The fourth-order valence-corrected chi connectivity index (χ4v) is 0. The summed E-state index contributed by atoms with van der Waals surface area (Å²) in [4.78, 5) is 7.04. The molecule has 0 aliphatic carbocycles. The predicted molar refractivity (Wildman–Crippen MR) is 17.0 cm³/mol. The van der Waals surface area contributed by atoms with E-state index in [1.54, 1.807) is 0 Å². The van der Waals surface area contributed by atoms with Gasteiger partial charge in [0.15, 0.2) is 0 Å². The molecule has 1 unspecified atom stereocenters. The van der Waals surface area contributed by atoms with Gasteiger partial charge in [-0.2, -0.15) is 4.89 Å². The average molecular weight is 187 g/mol. The second-order valence-electron chi connectivity index (χ2n) is 0.0913. The molecule has 2 nitrogen and oxygen atoms in total. The Hall–Kier alpha value is 0.878. The quantitative estimate of drug-likeness (QED) is 0.411. The third kappa shape index (κ3) is 13.2. The van der Waals surface area contributed by atoms with E-state index in [0.717, 1.165) is 0 Å². The van der Waals surface area contributed by atoms with E-state index in [1.165, 1.54) is 0 Å². The topological polar surface area (TPSA) is 37.3 Å². The van der Waals surface area contributed by atoms with Crippen molar-refractivity contribution in [1.29, 1.82) is 0 Å². The van der Waals surface area contributed by atoms with Gasteiger partial charge in [0, 0.05) is 24.4 Å². The van der Waals surface area contributed by atoms with Gasteiger partial charge in [-0.1, -0.05) is 0 Å². The summed E-state index contributed by atoms with van der Waals surface area (Å²) in [6.45, 7) is 0. The molecule has 0 saturated carbocycles. The summed E-state index contributed by atoms with van der Waals surface area (Å²) in [6.07, 6.45) is 0. The van der Waals surface area contributed by atoms with Crippen LogP contribution in [0.25, 0.3) is 0 Å². The van der Waals surface area contributed by atoms with Gasteiger partial charge in [-0.15, -0.1) is 0 Å². The fraction of sp³-hybridized carbons (Fsp3) is 0. The van der Waals surface area contributed by atoms with Gasteiger partial charge in [-0.25, -0.2) is 0 Å². The second-order valence-corrected chi connectivity index (χ2v) is 0.274. The molecule has 4 heavy (non-hydrogen) atoms. The van der Waals surface area contributed by atoms with Crippen molar-refractivity contribution in [2.45, 2.75) is 0 Å². The van der Waals surface area contributed by atoms with E-state index in [0.29, 0.717) is 0 Å². The molecule has 23 valence electrons. The average Bonchev–Trinajstić information content (AvgIpc) is 0.918. The van der Waals surface area contributed by atoms with E-state index < -0.39 is 8.69 Å². The molecule has 0 aromatic rings. The van der Waals surface area contributed by atoms with Crippen LogP contribution in [0.1, 0.15) is 0 Å². The largest absolute Gasteiger partial charge is 0.491 e. The zero-order valence-electron chi connectivity index (χ0n) is 1.80. The van der Waals surface area contributed by atoms with Crippen molar-refractivity contribution in [3.05, 3.63) is 0 Å². The van der Waals surface area contributed by atoms with Crippen LogP contribution >= 0.6 is 8.69 Å². The van der Waals surface area contributed by atoms with Crippen LogP contribution in [0.5, 0.6) is 0 Å². The third-order valence-electron chi connectivity index (χ3n) is 0. The standard InChI is InChI=1S/HO2P.Sb/c1-3-2;/h3H;/p+1. The molecule has 0 bridgehead atoms. The van der Waals surface area contributed by atoms with Crippen LogP contribution in [-0.4, -0.2) is 29.3 Å². The van der Waals surface area contributed by atoms with E-state index in [2.05, 4.69) is 0 Å².